The molecule has 1 heterocycles. The van der Waals surface area contributed by atoms with Crippen LogP contribution in [0.5, 0.6) is 0 Å². The van der Waals surface area contributed by atoms with E-state index in [1.165, 1.54) is 0 Å². The van der Waals surface area contributed by atoms with E-state index >= 15 is 0 Å². The standard InChI is InChI=1S/C26H27ClF3N5O2S/c1-5-11-35-23(22(15(2)3)32-24(37)17-8-6-7-16(4)12-17)33-34-25(35)38-14-21(36)31-20-13-18(26(28,29)30)9-10-19(20)27/h5-10,12-13,15,22H,1,11,14H2,2-4H3,(H,31,36)(H,32,37)/t22-/m0/s1. The fourth-order valence-electron chi connectivity index (χ4n) is 3.59. The molecule has 0 unspecified atom stereocenters. The van der Waals surface area contributed by atoms with Gasteiger partial charge in [-0.25, -0.2) is 0 Å². The van der Waals surface area contributed by atoms with Gasteiger partial charge < -0.3 is 15.2 Å². The average molecular weight is 566 g/mol. The maximum atomic E-state index is 13.0. The first-order chi connectivity index (χ1) is 17.9. The van der Waals surface area contributed by atoms with Gasteiger partial charge in [0.2, 0.25) is 5.91 Å². The average Bonchev–Trinajstić information content (AvgIpc) is 3.23. The molecule has 0 radical (unpaired) electrons. The lowest BCUT2D eigenvalue weighted by Crippen LogP contribution is -2.34. The molecule has 2 aromatic carbocycles. The Balaban J connectivity index is 1.76. The minimum atomic E-state index is -4.57. The number of halogens is 4. The summed E-state index contributed by atoms with van der Waals surface area (Å²) in [6.45, 7) is 9.86. The van der Waals surface area contributed by atoms with E-state index in [9.17, 15) is 22.8 Å². The molecule has 38 heavy (non-hydrogen) atoms. The van der Waals surface area contributed by atoms with Crippen LogP contribution in [-0.4, -0.2) is 32.3 Å². The molecule has 0 bridgehead atoms. The van der Waals surface area contributed by atoms with E-state index in [2.05, 4.69) is 27.4 Å². The number of allylic oxidation sites excluding steroid dienone is 1. The highest BCUT2D eigenvalue weighted by Crippen LogP contribution is 2.34. The molecular formula is C26H27ClF3N5O2S. The minimum absolute atomic E-state index is 0.0161. The number of anilines is 1. The summed E-state index contributed by atoms with van der Waals surface area (Å²) in [4.78, 5) is 25.5. The molecule has 0 saturated carbocycles. The first kappa shape index (κ1) is 29.2. The fraction of sp³-hybridized carbons (Fsp3) is 0.308. The van der Waals surface area contributed by atoms with Gasteiger partial charge in [0.15, 0.2) is 11.0 Å². The van der Waals surface area contributed by atoms with Crippen molar-refractivity contribution in [3.05, 3.63) is 82.7 Å². The van der Waals surface area contributed by atoms with Crippen molar-refractivity contribution in [2.24, 2.45) is 5.92 Å². The van der Waals surface area contributed by atoms with E-state index in [0.717, 1.165) is 35.5 Å². The third kappa shape index (κ3) is 7.38. The van der Waals surface area contributed by atoms with Gasteiger partial charge in [-0.3, -0.25) is 9.59 Å². The monoisotopic (exact) mass is 565 g/mol. The SMILES string of the molecule is C=CCn1c(SCC(=O)Nc2cc(C(F)(F)F)ccc2Cl)nnc1[C@@H](NC(=O)c1cccc(C)c1)C(C)C. The molecule has 12 heteroatoms. The number of hydrogen-bond acceptors (Lipinski definition) is 5. The summed E-state index contributed by atoms with van der Waals surface area (Å²) in [5, 5.41) is 14.3. The second kappa shape index (κ2) is 12.5. The maximum Gasteiger partial charge on any atom is 0.416 e. The fourth-order valence-corrected chi connectivity index (χ4v) is 4.51. The lowest BCUT2D eigenvalue weighted by atomic mass is 10.0. The Morgan fingerprint density at radius 3 is 2.55 bits per heavy atom. The topological polar surface area (TPSA) is 88.9 Å². The first-order valence-corrected chi connectivity index (χ1v) is 13.0. The molecule has 0 fully saturated rings. The highest BCUT2D eigenvalue weighted by Gasteiger charge is 2.31. The zero-order chi connectivity index (χ0) is 28.0. The molecule has 2 amide bonds. The van der Waals surface area contributed by atoms with Crippen molar-refractivity contribution in [1.82, 2.24) is 20.1 Å². The highest BCUT2D eigenvalue weighted by atomic mass is 35.5. The molecule has 202 valence electrons. The Bertz CT molecular complexity index is 1330. The van der Waals surface area contributed by atoms with Crippen molar-refractivity contribution in [2.45, 2.75) is 44.7 Å². The Kier molecular flexibility index (Phi) is 9.61. The minimum Gasteiger partial charge on any atom is -0.342 e. The summed E-state index contributed by atoms with van der Waals surface area (Å²) in [5.41, 5.74) is 0.411. The molecule has 3 rings (SSSR count). The Hall–Kier alpha value is -3.31. The second-order valence-corrected chi connectivity index (χ2v) is 10.2. The van der Waals surface area contributed by atoms with Gasteiger partial charge in [0.05, 0.1) is 28.1 Å². The summed E-state index contributed by atoms with van der Waals surface area (Å²) in [5.74, 6) is -0.541. The van der Waals surface area contributed by atoms with Crippen molar-refractivity contribution < 1.29 is 22.8 Å². The quantitative estimate of drug-likeness (QED) is 0.222. The number of aromatic nitrogens is 3. The predicted octanol–water partition coefficient (Wildman–Crippen LogP) is 6.30. The number of hydrogen-bond donors (Lipinski definition) is 2. The van der Waals surface area contributed by atoms with Crippen LogP contribution in [0.2, 0.25) is 5.02 Å². The third-order valence-electron chi connectivity index (χ3n) is 5.47. The third-order valence-corrected chi connectivity index (χ3v) is 6.77. The van der Waals surface area contributed by atoms with E-state index in [0.29, 0.717) is 23.1 Å². The van der Waals surface area contributed by atoms with E-state index < -0.39 is 23.7 Å². The van der Waals surface area contributed by atoms with Crippen molar-refractivity contribution in [3.63, 3.8) is 0 Å². The van der Waals surface area contributed by atoms with Crippen LogP contribution in [0.25, 0.3) is 0 Å². The molecule has 0 aliphatic heterocycles. The van der Waals surface area contributed by atoms with Crippen molar-refractivity contribution in [2.75, 3.05) is 11.1 Å². The van der Waals surface area contributed by atoms with Gasteiger partial charge in [0, 0.05) is 12.1 Å². The lowest BCUT2D eigenvalue weighted by molar-refractivity contribution is -0.137. The van der Waals surface area contributed by atoms with Crippen molar-refractivity contribution in [1.29, 1.82) is 0 Å². The zero-order valence-corrected chi connectivity index (χ0v) is 22.5. The van der Waals surface area contributed by atoms with Gasteiger partial charge in [0.1, 0.15) is 0 Å². The number of carbonyl (C=O) groups is 2. The number of aryl methyl sites for hydroxylation is 1. The predicted molar refractivity (Wildman–Crippen MR) is 142 cm³/mol. The summed E-state index contributed by atoms with van der Waals surface area (Å²) in [7, 11) is 0. The van der Waals surface area contributed by atoms with E-state index in [1.54, 1.807) is 28.8 Å². The molecule has 1 atom stereocenters. The Labute approximate surface area is 227 Å². The second-order valence-electron chi connectivity index (χ2n) is 8.83. The van der Waals surface area contributed by atoms with Crippen LogP contribution in [0.3, 0.4) is 0 Å². The molecule has 0 aliphatic rings. The summed E-state index contributed by atoms with van der Waals surface area (Å²) < 4.78 is 40.8. The normalized spacial score (nSPS) is 12.3. The molecular weight excluding hydrogens is 539 g/mol. The number of carbonyl (C=O) groups excluding carboxylic acids is 2. The van der Waals surface area contributed by atoms with Crippen LogP contribution in [0, 0.1) is 12.8 Å². The number of benzene rings is 2. The smallest absolute Gasteiger partial charge is 0.342 e. The van der Waals surface area contributed by atoms with E-state index in [-0.39, 0.29) is 28.3 Å². The van der Waals surface area contributed by atoms with Gasteiger partial charge in [-0.15, -0.1) is 16.8 Å². The number of nitrogens with one attached hydrogen (secondary N) is 2. The van der Waals surface area contributed by atoms with Crippen molar-refractivity contribution >= 4 is 40.9 Å². The number of rotatable bonds is 10. The number of amides is 2. The molecule has 3 aromatic rings. The summed E-state index contributed by atoms with van der Waals surface area (Å²) in [6, 6.07) is 9.45. The summed E-state index contributed by atoms with van der Waals surface area (Å²) in [6.07, 6.45) is -2.93. The van der Waals surface area contributed by atoms with Crippen LogP contribution in [0.4, 0.5) is 18.9 Å². The lowest BCUT2D eigenvalue weighted by Gasteiger charge is -2.22. The van der Waals surface area contributed by atoms with Crippen molar-refractivity contribution in [3.8, 4) is 0 Å². The molecule has 0 saturated heterocycles. The maximum absolute atomic E-state index is 13.0. The largest absolute Gasteiger partial charge is 0.416 e. The van der Waals surface area contributed by atoms with E-state index in [1.807, 2.05) is 26.8 Å². The molecule has 0 spiro atoms. The van der Waals surface area contributed by atoms with Gasteiger partial charge in [-0.1, -0.05) is 61.0 Å². The van der Waals surface area contributed by atoms with Crippen LogP contribution in [0.15, 0.2) is 60.3 Å². The number of thioether (sulfide) groups is 1. The molecule has 7 nitrogen and oxygen atoms in total. The molecule has 0 aliphatic carbocycles. The van der Waals surface area contributed by atoms with Crippen LogP contribution >= 0.6 is 23.4 Å². The van der Waals surface area contributed by atoms with Gasteiger partial charge >= 0.3 is 6.18 Å². The number of alkyl halides is 3. The molecule has 2 N–H and O–H groups in total. The highest BCUT2D eigenvalue weighted by molar-refractivity contribution is 7.99. The summed E-state index contributed by atoms with van der Waals surface area (Å²) >= 11 is 7.02. The Morgan fingerprint density at radius 1 is 1.18 bits per heavy atom. The Morgan fingerprint density at radius 2 is 1.92 bits per heavy atom. The van der Waals surface area contributed by atoms with E-state index in [4.69, 9.17) is 11.6 Å². The van der Waals surface area contributed by atoms with Gasteiger partial charge in [-0.05, 0) is 43.2 Å². The van der Waals surface area contributed by atoms with Gasteiger partial charge in [0.25, 0.3) is 5.91 Å². The van der Waals surface area contributed by atoms with Gasteiger partial charge in [-0.2, -0.15) is 13.2 Å². The first-order valence-electron chi connectivity index (χ1n) is 11.6. The van der Waals surface area contributed by atoms with Crippen LogP contribution in [0.1, 0.15) is 47.2 Å². The number of nitrogens with zero attached hydrogens (tertiary/aromatic N) is 3. The zero-order valence-electron chi connectivity index (χ0n) is 21.0. The molecule has 1 aromatic heterocycles. The van der Waals surface area contributed by atoms with Crippen LogP contribution in [-0.2, 0) is 17.5 Å². The van der Waals surface area contributed by atoms with Crippen LogP contribution < -0.4 is 10.6 Å².